The lowest BCUT2D eigenvalue weighted by atomic mass is 10.2. The van der Waals surface area contributed by atoms with E-state index in [-0.39, 0.29) is 11.8 Å². The molecule has 0 atom stereocenters. The zero-order valence-electron chi connectivity index (χ0n) is 11.5. The van der Waals surface area contributed by atoms with Crippen LogP contribution >= 0.6 is 44.8 Å². The van der Waals surface area contributed by atoms with Gasteiger partial charge in [-0.3, -0.25) is 14.5 Å². The molecule has 0 saturated heterocycles. The number of amides is 2. The largest absolute Gasteiger partial charge is 0.330 e. The molecule has 0 aromatic heterocycles. The van der Waals surface area contributed by atoms with Crippen LogP contribution in [0.1, 0.15) is 25.7 Å². The summed E-state index contributed by atoms with van der Waals surface area (Å²) in [5.74, 6) is 2.14. The third kappa shape index (κ3) is 10.2. The Balaban J connectivity index is 4.23. The lowest BCUT2D eigenvalue weighted by molar-refractivity contribution is -0.144. The number of halogens is 2. The first-order valence-electron chi connectivity index (χ1n) is 6.57. The van der Waals surface area contributed by atoms with E-state index in [0.29, 0.717) is 56.3 Å². The third-order valence-corrected chi connectivity index (χ3v) is 5.29. The van der Waals surface area contributed by atoms with Crippen molar-refractivity contribution in [1.29, 1.82) is 0 Å². The van der Waals surface area contributed by atoms with E-state index in [1.54, 1.807) is 21.6 Å². The molecule has 118 valence electrons. The van der Waals surface area contributed by atoms with Gasteiger partial charge >= 0.3 is 0 Å². The molecule has 0 rings (SSSR count). The van der Waals surface area contributed by atoms with E-state index in [0.717, 1.165) is 5.75 Å². The van der Waals surface area contributed by atoms with Gasteiger partial charge in [0, 0.05) is 49.2 Å². The lowest BCUT2D eigenvalue weighted by Crippen LogP contribution is -2.38. The summed E-state index contributed by atoms with van der Waals surface area (Å²) in [4.78, 5) is 25.4. The monoisotopic (exact) mass is 360 g/mol. The summed E-state index contributed by atoms with van der Waals surface area (Å²) in [6, 6.07) is 0. The Morgan fingerprint density at radius 1 is 0.950 bits per heavy atom. The molecular formula is C12H22Cl2N2O2S2. The van der Waals surface area contributed by atoms with Gasteiger partial charge in [-0.25, -0.2) is 0 Å². The van der Waals surface area contributed by atoms with Crippen molar-refractivity contribution in [2.75, 3.05) is 36.4 Å². The van der Waals surface area contributed by atoms with Gasteiger partial charge in [0.2, 0.25) is 11.8 Å². The number of carbonyl (C=O) groups excluding carboxylic acids is 2. The minimum absolute atomic E-state index is 0.144. The van der Waals surface area contributed by atoms with E-state index < -0.39 is 0 Å². The van der Waals surface area contributed by atoms with Gasteiger partial charge in [0.15, 0.2) is 0 Å². The number of imide groups is 1. The topological polar surface area (TPSA) is 63.4 Å². The number of nitrogens with two attached hydrogens (primary N) is 1. The van der Waals surface area contributed by atoms with Gasteiger partial charge in [0.25, 0.3) is 0 Å². The summed E-state index contributed by atoms with van der Waals surface area (Å²) in [5, 5.41) is 0. The van der Waals surface area contributed by atoms with Crippen molar-refractivity contribution in [3.63, 3.8) is 0 Å². The van der Waals surface area contributed by atoms with Crippen molar-refractivity contribution in [2.45, 2.75) is 25.7 Å². The summed E-state index contributed by atoms with van der Waals surface area (Å²) in [6.45, 7) is 1.06. The van der Waals surface area contributed by atoms with Crippen LogP contribution in [-0.4, -0.2) is 53.1 Å². The Morgan fingerprint density at radius 3 is 1.90 bits per heavy atom. The van der Waals surface area contributed by atoms with Crippen molar-refractivity contribution in [2.24, 2.45) is 5.73 Å². The van der Waals surface area contributed by atoms with Crippen molar-refractivity contribution < 1.29 is 9.59 Å². The number of hydrogen-bond acceptors (Lipinski definition) is 5. The van der Waals surface area contributed by atoms with E-state index in [1.807, 2.05) is 0 Å². The van der Waals surface area contributed by atoms with Gasteiger partial charge < -0.3 is 5.73 Å². The maximum atomic E-state index is 12.0. The van der Waals surface area contributed by atoms with Crippen LogP contribution in [-0.2, 0) is 9.59 Å². The predicted molar refractivity (Wildman–Crippen MR) is 90.6 cm³/mol. The average Bonchev–Trinajstić information content (AvgIpc) is 2.46. The van der Waals surface area contributed by atoms with Crippen LogP contribution in [0.3, 0.4) is 0 Å². The van der Waals surface area contributed by atoms with E-state index in [2.05, 4.69) is 0 Å². The van der Waals surface area contributed by atoms with Crippen molar-refractivity contribution in [1.82, 2.24) is 4.90 Å². The minimum Gasteiger partial charge on any atom is -0.330 e. The first-order valence-corrected chi connectivity index (χ1v) is 10.1. The molecule has 2 N–H and O–H groups in total. The average molecular weight is 361 g/mol. The SMILES string of the molecule is NCCSSCCN(C(=O)CCCCl)C(=O)CCCCl. The van der Waals surface area contributed by atoms with Crippen LogP contribution in [0.5, 0.6) is 0 Å². The zero-order valence-corrected chi connectivity index (χ0v) is 14.6. The van der Waals surface area contributed by atoms with Crippen molar-refractivity contribution in [3.05, 3.63) is 0 Å². The van der Waals surface area contributed by atoms with Crippen LogP contribution in [0.25, 0.3) is 0 Å². The Morgan fingerprint density at radius 2 is 1.45 bits per heavy atom. The van der Waals surface area contributed by atoms with Gasteiger partial charge in [-0.2, -0.15) is 0 Å². The fourth-order valence-corrected chi connectivity index (χ4v) is 3.46. The van der Waals surface area contributed by atoms with E-state index >= 15 is 0 Å². The molecule has 20 heavy (non-hydrogen) atoms. The fourth-order valence-electron chi connectivity index (χ4n) is 1.39. The highest BCUT2D eigenvalue weighted by Gasteiger charge is 2.20. The summed E-state index contributed by atoms with van der Waals surface area (Å²) < 4.78 is 0. The van der Waals surface area contributed by atoms with E-state index in [4.69, 9.17) is 28.9 Å². The zero-order chi connectivity index (χ0) is 15.2. The molecule has 0 unspecified atom stereocenters. The Bertz CT molecular complexity index is 264. The molecule has 0 aromatic carbocycles. The Kier molecular flexibility index (Phi) is 14.6. The van der Waals surface area contributed by atoms with Crippen LogP contribution in [0.4, 0.5) is 0 Å². The van der Waals surface area contributed by atoms with Gasteiger partial charge in [0.1, 0.15) is 0 Å². The smallest absolute Gasteiger partial charge is 0.229 e. The third-order valence-electron chi connectivity index (χ3n) is 2.33. The summed E-state index contributed by atoms with van der Waals surface area (Å²) >= 11 is 11.2. The van der Waals surface area contributed by atoms with Crippen molar-refractivity contribution in [3.8, 4) is 0 Å². The quantitative estimate of drug-likeness (QED) is 0.329. The number of nitrogens with zero attached hydrogens (tertiary/aromatic N) is 1. The second-order valence-corrected chi connectivity index (χ2v) is 7.41. The van der Waals surface area contributed by atoms with Gasteiger partial charge in [-0.15, -0.1) is 23.2 Å². The van der Waals surface area contributed by atoms with Crippen LogP contribution in [0.15, 0.2) is 0 Å². The molecule has 8 heteroatoms. The molecule has 0 bridgehead atoms. The van der Waals surface area contributed by atoms with Gasteiger partial charge in [0.05, 0.1) is 0 Å². The highest BCUT2D eigenvalue weighted by molar-refractivity contribution is 8.76. The van der Waals surface area contributed by atoms with Crippen LogP contribution in [0, 0.1) is 0 Å². The molecule has 0 aliphatic heterocycles. The van der Waals surface area contributed by atoms with Crippen molar-refractivity contribution >= 4 is 56.6 Å². The van der Waals surface area contributed by atoms with Crippen LogP contribution < -0.4 is 5.73 Å². The number of hydrogen-bond donors (Lipinski definition) is 1. The highest BCUT2D eigenvalue weighted by Crippen LogP contribution is 2.20. The second-order valence-electron chi connectivity index (χ2n) is 3.96. The molecule has 0 heterocycles. The molecule has 0 spiro atoms. The first-order chi connectivity index (χ1) is 9.67. The number of rotatable bonds is 12. The molecule has 0 saturated carbocycles. The standard InChI is InChI=1S/C12H22Cl2N2O2S2/c13-5-1-3-11(17)16(12(18)4-2-6-14)8-10-20-19-9-7-15/h1-10,15H2. The minimum atomic E-state index is -0.144. The molecule has 2 amide bonds. The normalized spacial score (nSPS) is 10.6. The Hall–Kier alpha value is 0.380. The molecule has 0 aliphatic rings. The highest BCUT2D eigenvalue weighted by atomic mass is 35.5. The fraction of sp³-hybridized carbons (Fsp3) is 0.833. The second kappa shape index (κ2) is 14.3. The van der Waals surface area contributed by atoms with Crippen LogP contribution in [0.2, 0.25) is 0 Å². The molecule has 0 aromatic rings. The molecule has 0 fully saturated rings. The maximum Gasteiger partial charge on any atom is 0.229 e. The summed E-state index contributed by atoms with van der Waals surface area (Å²) in [7, 11) is 3.28. The summed E-state index contributed by atoms with van der Waals surface area (Å²) in [5.41, 5.74) is 5.40. The maximum absolute atomic E-state index is 12.0. The van der Waals surface area contributed by atoms with Gasteiger partial charge in [-0.05, 0) is 12.8 Å². The number of carbonyl (C=O) groups is 2. The molecule has 4 nitrogen and oxygen atoms in total. The molecular weight excluding hydrogens is 339 g/mol. The molecule has 0 radical (unpaired) electrons. The van der Waals surface area contributed by atoms with E-state index in [1.165, 1.54) is 4.90 Å². The van der Waals surface area contributed by atoms with Gasteiger partial charge in [-0.1, -0.05) is 21.6 Å². The summed E-state index contributed by atoms with van der Waals surface area (Å²) in [6.07, 6.45) is 1.82. The molecule has 0 aliphatic carbocycles. The predicted octanol–water partition coefficient (Wildman–Crippen LogP) is 2.72. The van der Waals surface area contributed by atoms with E-state index in [9.17, 15) is 9.59 Å². The lowest BCUT2D eigenvalue weighted by Gasteiger charge is -2.20. The Labute approximate surface area is 138 Å². The number of alkyl halides is 2. The first kappa shape index (κ1) is 20.4.